The number of halogens is 1. The lowest BCUT2D eigenvalue weighted by Gasteiger charge is -2.08. The van der Waals surface area contributed by atoms with E-state index in [2.05, 4.69) is 25.5 Å². The highest BCUT2D eigenvalue weighted by molar-refractivity contribution is 6.30. The highest BCUT2D eigenvalue weighted by atomic mass is 35.5. The van der Waals surface area contributed by atoms with E-state index in [1.54, 1.807) is 30.6 Å². The number of benzene rings is 1. The predicted octanol–water partition coefficient (Wildman–Crippen LogP) is 1.91. The summed E-state index contributed by atoms with van der Waals surface area (Å²) in [7, 11) is 0. The molecule has 122 valence electrons. The molecule has 0 aliphatic rings. The van der Waals surface area contributed by atoms with E-state index in [1.165, 1.54) is 0 Å². The van der Waals surface area contributed by atoms with Crippen molar-refractivity contribution in [2.75, 3.05) is 13.2 Å². The minimum absolute atomic E-state index is 0.143. The Morgan fingerprint density at radius 1 is 1.21 bits per heavy atom. The summed E-state index contributed by atoms with van der Waals surface area (Å²) >= 11 is 5.92. The van der Waals surface area contributed by atoms with Crippen molar-refractivity contribution in [3.05, 3.63) is 53.4 Å². The van der Waals surface area contributed by atoms with E-state index < -0.39 is 0 Å². The molecule has 3 N–H and O–H groups in total. The minimum Gasteiger partial charge on any atom is -0.395 e. The van der Waals surface area contributed by atoms with Gasteiger partial charge in [0.15, 0.2) is 5.82 Å². The second-order valence-electron chi connectivity index (χ2n) is 4.94. The van der Waals surface area contributed by atoms with Crippen LogP contribution in [0.4, 0.5) is 0 Å². The molecule has 3 rings (SSSR count). The van der Waals surface area contributed by atoms with Crippen LogP contribution in [-0.4, -0.2) is 44.3 Å². The molecule has 0 spiro atoms. The van der Waals surface area contributed by atoms with Crippen molar-refractivity contribution in [2.24, 2.45) is 0 Å². The lowest BCUT2D eigenvalue weighted by atomic mass is 10.1. The first-order valence-corrected chi connectivity index (χ1v) is 7.58. The quantitative estimate of drug-likeness (QED) is 0.656. The number of aromatic nitrogens is 4. The van der Waals surface area contributed by atoms with Gasteiger partial charge in [-0.15, -0.1) is 0 Å². The van der Waals surface area contributed by atoms with E-state index in [-0.39, 0.29) is 24.8 Å². The van der Waals surface area contributed by atoms with E-state index in [0.29, 0.717) is 22.1 Å². The van der Waals surface area contributed by atoms with Crippen molar-refractivity contribution in [1.29, 1.82) is 0 Å². The number of aliphatic hydroxyl groups excluding tert-OH is 1. The molecule has 1 amide bonds. The summed E-state index contributed by atoms with van der Waals surface area (Å²) in [6.07, 6.45) is 3.23. The molecule has 0 unspecified atom stereocenters. The summed E-state index contributed by atoms with van der Waals surface area (Å²) in [5, 5.41) is 18.6. The molecule has 1 aromatic carbocycles. The zero-order chi connectivity index (χ0) is 16.9. The maximum absolute atomic E-state index is 12.2. The van der Waals surface area contributed by atoms with E-state index in [9.17, 15) is 4.79 Å². The Bertz CT molecular complexity index is 834. The van der Waals surface area contributed by atoms with Gasteiger partial charge in [0.25, 0.3) is 5.91 Å². The van der Waals surface area contributed by atoms with Crippen LogP contribution in [0.3, 0.4) is 0 Å². The smallest absolute Gasteiger partial charge is 0.270 e. The topological polar surface area (TPSA) is 104 Å². The monoisotopic (exact) mass is 343 g/mol. The van der Waals surface area contributed by atoms with Gasteiger partial charge in [0.2, 0.25) is 0 Å². The van der Waals surface area contributed by atoms with Gasteiger partial charge < -0.3 is 10.4 Å². The Labute approximate surface area is 142 Å². The number of hydrogen-bond donors (Lipinski definition) is 3. The predicted molar refractivity (Wildman–Crippen MR) is 89.5 cm³/mol. The largest absolute Gasteiger partial charge is 0.395 e. The third-order valence-corrected chi connectivity index (χ3v) is 3.50. The first kappa shape index (κ1) is 16.1. The second-order valence-corrected chi connectivity index (χ2v) is 5.37. The summed E-state index contributed by atoms with van der Waals surface area (Å²) in [6, 6.07) is 8.74. The molecule has 0 aliphatic heterocycles. The SMILES string of the molecule is O=C(NCCO)c1cc(-c2ccc(Cl)cc2)nc(-c2cn[nH]c2)n1. The molecule has 7 nitrogen and oxygen atoms in total. The van der Waals surface area contributed by atoms with Gasteiger partial charge in [-0.25, -0.2) is 9.97 Å². The Balaban J connectivity index is 2.06. The fraction of sp³-hybridized carbons (Fsp3) is 0.125. The molecule has 0 bridgehead atoms. The first-order valence-electron chi connectivity index (χ1n) is 7.20. The molecule has 0 aliphatic carbocycles. The average Bonchev–Trinajstić information content (AvgIpc) is 3.14. The highest BCUT2D eigenvalue weighted by Gasteiger charge is 2.14. The van der Waals surface area contributed by atoms with Crippen LogP contribution in [-0.2, 0) is 0 Å². The van der Waals surface area contributed by atoms with Crippen molar-refractivity contribution in [3.8, 4) is 22.6 Å². The van der Waals surface area contributed by atoms with Gasteiger partial charge in [0.05, 0.1) is 24.1 Å². The first-order chi connectivity index (χ1) is 11.7. The molecule has 0 radical (unpaired) electrons. The fourth-order valence-electron chi connectivity index (χ4n) is 2.09. The number of aliphatic hydroxyl groups is 1. The van der Waals surface area contributed by atoms with Crippen molar-refractivity contribution < 1.29 is 9.90 Å². The van der Waals surface area contributed by atoms with Crippen molar-refractivity contribution in [3.63, 3.8) is 0 Å². The van der Waals surface area contributed by atoms with Gasteiger partial charge in [-0.2, -0.15) is 5.10 Å². The summed E-state index contributed by atoms with van der Waals surface area (Å²) in [5.41, 5.74) is 2.27. The molecular weight excluding hydrogens is 330 g/mol. The van der Waals surface area contributed by atoms with Gasteiger partial charge in [-0.05, 0) is 18.2 Å². The number of aromatic amines is 1. The number of carbonyl (C=O) groups excluding carboxylic acids is 1. The Morgan fingerprint density at radius 3 is 2.67 bits per heavy atom. The van der Waals surface area contributed by atoms with Crippen molar-refractivity contribution in [2.45, 2.75) is 0 Å². The van der Waals surface area contributed by atoms with Crippen LogP contribution in [0.15, 0.2) is 42.7 Å². The Kier molecular flexibility index (Phi) is 4.83. The number of amides is 1. The zero-order valence-corrected chi connectivity index (χ0v) is 13.3. The number of rotatable bonds is 5. The molecule has 8 heteroatoms. The summed E-state index contributed by atoms with van der Waals surface area (Å²) < 4.78 is 0. The van der Waals surface area contributed by atoms with Crippen molar-refractivity contribution >= 4 is 17.5 Å². The van der Waals surface area contributed by atoms with E-state index in [1.807, 2.05) is 12.1 Å². The molecule has 3 aromatic rings. The molecule has 0 atom stereocenters. The Hall–Kier alpha value is -2.77. The lowest BCUT2D eigenvalue weighted by molar-refractivity contribution is 0.0940. The number of carbonyl (C=O) groups is 1. The third kappa shape index (κ3) is 3.58. The van der Waals surface area contributed by atoms with E-state index >= 15 is 0 Å². The number of nitrogens with zero attached hydrogens (tertiary/aromatic N) is 3. The van der Waals surface area contributed by atoms with Crippen LogP contribution < -0.4 is 5.32 Å². The normalized spacial score (nSPS) is 10.6. The van der Waals surface area contributed by atoms with E-state index in [4.69, 9.17) is 16.7 Å². The van der Waals surface area contributed by atoms with Gasteiger partial charge in [-0.1, -0.05) is 23.7 Å². The molecule has 0 saturated carbocycles. The van der Waals surface area contributed by atoms with E-state index in [0.717, 1.165) is 5.56 Å². The van der Waals surface area contributed by atoms with Crippen LogP contribution in [0, 0.1) is 0 Å². The lowest BCUT2D eigenvalue weighted by Crippen LogP contribution is -2.27. The summed E-state index contributed by atoms with van der Waals surface area (Å²) in [6.45, 7) is 0.00953. The molecule has 0 saturated heterocycles. The molecule has 24 heavy (non-hydrogen) atoms. The molecule has 0 fully saturated rings. The third-order valence-electron chi connectivity index (χ3n) is 3.25. The number of H-pyrrole nitrogens is 1. The standard InChI is InChI=1S/C16H14ClN5O2/c17-12-3-1-10(2-4-12)13-7-14(16(24)18-5-6-23)22-15(21-13)11-8-19-20-9-11/h1-4,7-9,23H,5-6H2,(H,18,24)(H,19,20). The van der Waals surface area contributed by atoms with Gasteiger partial charge in [0, 0.05) is 23.3 Å². The second kappa shape index (κ2) is 7.20. The number of nitrogens with one attached hydrogen (secondary N) is 2. The summed E-state index contributed by atoms with van der Waals surface area (Å²) in [4.78, 5) is 21.0. The summed E-state index contributed by atoms with van der Waals surface area (Å²) in [5.74, 6) is -0.00300. The van der Waals surface area contributed by atoms with Crippen LogP contribution >= 0.6 is 11.6 Å². The van der Waals surface area contributed by atoms with Crippen LogP contribution in [0.25, 0.3) is 22.6 Å². The molecule has 2 aromatic heterocycles. The van der Waals surface area contributed by atoms with Crippen molar-refractivity contribution in [1.82, 2.24) is 25.5 Å². The average molecular weight is 344 g/mol. The van der Waals surface area contributed by atoms with Crippen LogP contribution in [0.2, 0.25) is 5.02 Å². The zero-order valence-electron chi connectivity index (χ0n) is 12.5. The minimum atomic E-state index is -0.383. The van der Waals surface area contributed by atoms with Crippen LogP contribution in [0.1, 0.15) is 10.5 Å². The molecule has 2 heterocycles. The Morgan fingerprint density at radius 2 is 2.00 bits per heavy atom. The fourth-order valence-corrected chi connectivity index (χ4v) is 2.22. The number of hydrogen-bond acceptors (Lipinski definition) is 5. The van der Waals surface area contributed by atoms with Gasteiger partial charge in [0.1, 0.15) is 5.69 Å². The maximum atomic E-state index is 12.2. The maximum Gasteiger partial charge on any atom is 0.270 e. The molecular formula is C16H14ClN5O2. The van der Waals surface area contributed by atoms with Gasteiger partial charge in [-0.3, -0.25) is 9.89 Å². The van der Waals surface area contributed by atoms with Crippen LogP contribution in [0.5, 0.6) is 0 Å². The highest BCUT2D eigenvalue weighted by Crippen LogP contribution is 2.23. The van der Waals surface area contributed by atoms with Gasteiger partial charge >= 0.3 is 0 Å².